The fourth-order valence-corrected chi connectivity index (χ4v) is 3.19. The van der Waals surface area contributed by atoms with Crippen molar-refractivity contribution in [2.75, 3.05) is 26.7 Å². The zero-order valence-electron chi connectivity index (χ0n) is 12.1. The quantitative estimate of drug-likeness (QED) is 0.835. The van der Waals surface area contributed by atoms with E-state index in [1.165, 1.54) is 6.42 Å². The summed E-state index contributed by atoms with van der Waals surface area (Å²) in [4.78, 5) is 14.4. The first kappa shape index (κ1) is 18.8. The molecule has 2 rings (SSSR count). The Morgan fingerprint density at radius 2 is 2.10 bits per heavy atom. The number of likely N-dealkylation sites (tertiary alicyclic amines) is 1. The summed E-state index contributed by atoms with van der Waals surface area (Å²) in [5.74, 6) is 0.771. The number of piperidine rings is 1. The molecule has 0 bridgehead atoms. The van der Waals surface area contributed by atoms with Crippen molar-refractivity contribution in [2.45, 2.75) is 19.3 Å². The van der Waals surface area contributed by atoms with E-state index in [1.807, 2.05) is 24.1 Å². The Hall–Kier alpha value is -0.290. The van der Waals surface area contributed by atoms with Crippen LogP contribution in [0.3, 0.4) is 0 Å². The van der Waals surface area contributed by atoms with Crippen LogP contribution in [0, 0.1) is 5.92 Å². The SMILES string of the molecule is CNCCC1CCN(C(=O)c2cccc(Br)c2Cl)CC1.Cl. The van der Waals surface area contributed by atoms with Gasteiger partial charge in [-0.1, -0.05) is 17.7 Å². The maximum Gasteiger partial charge on any atom is 0.255 e. The first-order valence-electron chi connectivity index (χ1n) is 7.01. The van der Waals surface area contributed by atoms with Crippen LogP contribution < -0.4 is 5.32 Å². The first-order chi connectivity index (χ1) is 9.63. The van der Waals surface area contributed by atoms with Crippen molar-refractivity contribution in [3.8, 4) is 0 Å². The number of hydrogen-bond acceptors (Lipinski definition) is 2. The van der Waals surface area contributed by atoms with Crippen molar-refractivity contribution in [1.82, 2.24) is 10.2 Å². The van der Waals surface area contributed by atoms with Gasteiger partial charge in [-0.3, -0.25) is 4.79 Å². The molecule has 1 heterocycles. The van der Waals surface area contributed by atoms with Gasteiger partial charge in [-0.15, -0.1) is 12.4 Å². The van der Waals surface area contributed by atoms with E-state index in [0.717, 1.165) is 42.9 Å². The third kappa shape index (κ3) is 4.85. The molecule has 3 nitrogen and oxygen atoms in total. The van der Waals surface area contributed by atoms with E-state index in [2.05, 4.69) is 21.2 Å². The van der Waals surface area contributed by atoms with Gasteiger partial charge in [0, 0.05) is 17.6 Å². The van der Waals surface area contributed by atoms with Crippen molar-refractivity contribution in [2.24, 2.45) is 5.92 Å². The van der Waals surface area contributed by atoms with Crippen LogP contribution in [-0.2, 0) is 0 Å². The molecule has 1 fully saturated rings. The highest BCUT2D eigenvalue weighted by molar-refractivity contribution is 9.10. The third-order valence-electron chi connectivity index (χ3n) is 3.89. The van der Waals surface area contributed by atoms with Crippen LogP contribution in [0.2, 0.25) is 5.02 Å². The summed E-state index contributed by atoms with van der Waals surface area (Å²) in [5.41, 5.74) is 0.592. The minimum atomic E-state index is 0. The summed E-state index contributed by atoms with van der Waals surface area (Å²) in [7, 11) is 1.98. The molecule has 0 unspecified atom stereocenters. The Morgan fingerprint density at radius 1 is 1.43 bits per heavy atom. The second kappa shape index (κ2) is 8.99. The summed E-state index contributed by atoms with van der Waals surface area (Å²) >= 11 is 9.57. The Kier molecular flexibility index (Phi) is 8.03. The molecule has 0 atom stereocenters. The van der Waals surface area contributed by atoms with Crippen LogP contribution in [0.1, 0.15) is 29.6 Å². The smallest absolute Gasteiger partial charge is 0.255 e. The van der Waals surface area contributed by atoms with Crippen LogP contribution in [0.25, 0.3) is 0 Å². The van der Waals surface area contributed by atoms with Crippen molar-refractivity contribution >= 4 is 45.8 Å². The standard InChI is InChI=1S/C15H20BrClN2O.ClH/c1-18-8-5-11-6-9-19(10-7-11)15(20)12-3-2-4-13(16)14(12)17;/h2-4,11,18H,5-10H2,1H3;1H. The highest BCUT2D eigenvalue weighted by Gasteiger charge is 2.24. The molecule has 21 heavy (non-hydrogen) atoms. The summed E-state index contributed by atoms with van der Waals surface area (Å²) < 4.78 is 0.772. The van der Waals surface area contributed by atoms with Crippen LogP contribution in [0.15, 0.2) is 22.7 Å². The summed E-state index contributed by atoms with van der Waals surface area (Å²) in [5, 5.41) is 3.69. The predicted octanol–water partition coefficient (Wildman–Crippen LogP) is 3.99. The van der Waals surface area contributed by atoms with Gasteiger partial charge in [-0.2, -0.15) is 0 Å². The Bertz CT molecular complexity index is 477. The lowest BCUT2D eigenvalue weighted by Crippen LogP contribution is -2.39. The van der Waals surface area contributed by atoms with Gasteiger partial charge in [0.1, 0.15) is 0 Å². The lowest BCUT2D eigenvalue weighted by Gasteiger charge is -2.32. The number of benzene rings is 1. The molecule has 1 amide bonds. The molecule has 0 aliphatic carbocycles. The van der Waals surface area contributed by atoms with Gasteiger partial charge >= 0.3 is 0 Å². The maximum atomic E-state index is 12.5. The number of nitrogens with one attached hydrogen (secondary N) is 1. The number of rotatable bonds is 4. The molecule has 1 aromatic rings. The van der Waals surface area contributed by atoms with E-state index in [1.54, 1.807) is 6.07 Å². The monoisotopic (exact) mass is 394 g/mol. The van der Waals surface area contributed by atoms with Gasteiger partial charge in [-0.05, 0) is 66.8 Å². The zero-order valence-corrected chi connectivity index (χ0v) is 15.2. The fraction of sp³-hybridized carbons (Fsp3) is 0.533. The van der Waals surface area contributed by atoms with Crippen molar-refractivity contribution in [3.63, 3.8) is 0 Å². The molecule has 1 N–H and O–H groups in total. The molecular weight excluding hydrogens is 375 g/mol. The third-order valence-corrected chi connectivity index (χ3v) is 5.18. The maximum absolute atomic E-state index is 12.5. The fourth-order valence-electron chi connectivity index (χ4n) is 2.61. The largest absolute Gasteiger partial charge is 0.339 e. The number of carbonyl (C=O) groups excluding carboxylic acids is 1. The van der Waals surface area contributed by atoms with Gasteiger partial charge < -0.3 is 10.2 Å². The number of amides is 1. The molecule has 0 spiro atoms. The minimum absolute atomic E-state index is 0. The normalized spacial score (nSPS) is 15.7. The summed E-state index contributed by atoms with van der Waals surface area (Å²) in [6.07, 6.45) is 3.36. The number of nitrogens with zero attached hydrogens (tertiary/aromatic N) is 1. The lowest BCUT2D eigenvalue weighted by atomic mass is 9.93. The van der Waals surface area contributed by atoms with Crippen LogP contribution in [-0.4, -0.2) is 37.5 Å². The molecule has 0 aromatic heterocycles. The van der Waals surface area contributed by atoms with Gasteiger partial charge in [0.2, 0.25) is 0 Å². The molecule has 1 aromatic carbocycles. The zero-order chi connectivity index (χ0) is 14.5. The number of halogens is 3. The lowest BCUT2D eigenvalue weighted by molar-refractivity contribution is 0.0687. The minimum Gasteiger partial charge on any atom is -0.339 e. The van der Waals surface area contributed by atoms with Crippen molar-refractivity contribution in [1.29, 1.82) is 0 Å². The van der Waals surface area contributed by atoms with E-state index in [-0.39, 0.29) is 18.3 Å². The Balaban J connectivity index is 0.00000220. The average Bonchev–Trinajstić information content (AvgIpc) is 2.48. The van der Waals surface area contributed by atoms with Gasteiger partial charge in [0.05, 0.1) is 10.6 Å². The molecule has 0 saturated carbocycles. The summed E-state index contributed by atoms with van der Waals surface area (Å²) in [6, 6.07) is 5.49. The highest BCUT2D eigenvalue weighted by atomic mass is 79.9. The van der Waals surface area contributed by atoms with Crippen LogP contribution in [0.5, 0.6) is 0 Å². The first-order valence-corrected chi connectivity index (χ1v) is 8.18. The van der Waals surface area contributed by atoms with E-state index < -0.39 is 0 Å². The average molecular weight is 396 g/mol. The second-order valence-corrected chi connectivity index (χ2v) is 6.46. The van der Waals surface area contributed by atoms with E-state index in [9.17, 15) is 4.79 Å². The number of carbonyl (C=O) groups is 1. The number of hydrogen-bond donors (Lipinski definition) is 1. The molecule has 1 aliphatic rings. The van der Waals surface area contributed by atoms with Crippen LogP contribution in [0.4, 0.5) is 0 Å². The van der Waals surface area contributed by atoms with Crippen molar-refractivity contribution < 1.29 is 4.79 Å². The molecular formula is C15H21BrCl2N2O. The van der Waals surface area contributed by atoms with E-state index in [4.69, 9.17) is 11.6 Å². The Morgan fingerprint density at radius 3 is 2.71 bits per heavy atom. The van der Waals surface area contributed by atoms with E-state index >= 15 is 0 Å². The molecule has 0 radical (unpaired) electrons. The molecule has 1 aliphatic heterocycles. The summed E-state index contributed by atoms with van der Waals surface area (Å²) in [6.45, 7) is 2.71. The molecule has 118 valence electrons. The van der Waals surface area contributed by atoms with Crippen LogP contribution >= 0.6 is 39.9 Å². The van der Waals surface area contributed by atoms with Gasteiger partial charge in [0.15, 0.2) is 0 Å². The molecule has 6 heteroatoms. The second-order valence-electron chi connectivity index (χ2n) is 5.23. The highest BCUT2D eigenvalue weighted by Crippen LogP contribution is 2.28. The van der Waals surface area contributed by atoms with Gasteiger partial charge in [-0.25, -0.2) is 0 Å². The Labute approximate surface area is 146 Å². The van der Waals surface area contributed by atoms with Gasteiger partial charge in [0.25, 0.3) is 5.91 Å². The predicted molar refractivity (Wildman–Crippen MR) is 93.6 cm³/mol. The van der Waals surface area contributed by atoms with E-state index in [0.29, 0.717) is 10.6 Å². The van der Waals surface area contributed by atoms with Crippen molar-refractivity contribution in [3.05, 3.63) is 33.3 Å². The topological polar surface area (TPSA) is 32.3 Å². The molecule has 1 saturated heterocycles.